The van der Waals surface area contributed by atoms with Gasteiger partial charge in [0.25, 0.3) is 5.91 Å². The van der Waals surface area contributed by atoms with Crippen LogP contribution in [-0.4, -0.2) is 33.4 Å². The summed E-state index contributed by atoms with van der Waals surface area (Å²) in [5, 5.41) is 5.94. The number of rotatable bonds is 7. The van der Waals surface area contributed by atoms with Crippen LogP contribution in [0.2, 0.25) is 5.02 Å². The highest BCUT2D eigenvalue weighted by molar-refractivity contribution is 6.31. The molecule has 4 N–H and O–H groups in total. The number of pyridine rings is 1. The molecule has 1 aromatic carbocycles. The molecule has 0 saturated carbocycles. The Morgan fingerprint density at radius 1 is 1.16 bits per heavy atom. The molecule has 7 nitrogen and oxygen atoms in total. The van der Waals surface area contributed by atoms with Gasteiger partial charge in [0.15, 0.2) is 5.82 Å². The molecule has 0 spiro atoms. The van der Waals surface area contributed by atoms with E-state index in [0.717, 1.165) is 6.07 Å². The number of hydrogen-bond acceptors (Lipinski definition) is 6. The SMILES string of the molecule is CC(C)NCC(Nc1ncnc2c(C(N)=O)ccnc12)c1ccc(Cl)c(C(F)(F)F)c1. The Morgan fingerprint density at radius 2 is 1.90 bits per heavy atom. The number of primary amides is 1. The number of halogens is 4. The number of alkyl halides is 3. The largest absolute Gasteiger partial charge is 0.417 e. The third-order valence-electron chi connectivity index (χ3n) is 4.53. The minimum atomic E-state index is -4.59. The van der Waals surface area contributed by atoms with Crippen LogP contribution in [0, 0.1) is 0 Å². The second-order valence-electron chi connectivity index (χ2n) is 7.14. The van der Waals surface area contributed by atoms with Gasteiger partial charge in [-0.25, -0.2) is 9.97 Å². The molecule has 0 saturated heterocycles. The standard InChI is InChI=1S/C20H20ClF3N6O/c1-10(2)27-8-15(11-3-4-14(21)13(7-11)20(22,23)24)30-19-17-16(28-9-29-19)12(18(25)31)5-6-26-17/h3-7,9-10,15,27H,8H2,1-2H3,(H2,25,31)(H,28,29,30). The summed E-state index contributed by atoms with van der Waals surface area (Å²) >= 11 is 5.77. The first kappa shape index (κ1) is 22.7. The number of aromatic nitrogens is 3. The average molecular weight is 453 g/mol. The topological polar surface area (TPSA) is 106 Å². The lowest BCUT2D eigenvalue weighted by molar-refractivity contribution is -0.137. The molecule has 164 valence electrons. The average Bonchev–Trinajstić information content (AvgIpc) is 2.70. The minimum absolute atomic E-state index is 0.0837. The Hall–Kier alpha value is -2.98. The summed E-state index contributed by atoms with van der Waals surface area (Å²) in [4.78, 5) is 24.2. The molecular weight excluding hydrogens is 433 g/mol. The van der Waals surface area contributed by atoms with Crippen LogP contribution in [-0.2, 0) is 6.18 Å². The number of fused-ring (bicyclic) bond motifs is 1. The molecule has 1 unspecified atom stereocenters. The molecule has 0 aliphatic rings. The van der Waals surface area contributed by atoms with Crippen molar-refractivity contribution in [1.82, 2.24) is 20.3 Å². The number of nitrogens with one attached hydrogen (secondary N) is 2. The molecule has 3 aromatic rings. The molecule has 31 heavy (non-hydrogen) atoms. The van der Waals surface area contributed by atoms with E-state index < -0.39 is 23.7 Å². The Kier molecular flexibility index (Phi) is 6.61. The van der Waals surface area contributed by atoms with E-state index in [1.807, 2.05) is 13.8 Å². The maximum atomic E-state index is 13.4. The second-order valence-corrected chi connectivity index (χ2v) is 7.55. The van der Waals surface area contributed by atoms with Gasteiger partial charge in [0.1, 0.15) is 17.4 Å². The molecule has 1 amide bonds. The quantitative estimate of drug-likeness (QED) is 0.501. The Labute approximate surface area is 181 Å². The fraction of sp³-hybridized carbons (Fsp3) is 0.300. The predicted molar refractivity (Wildman–Crippen MR) is 112 cm³/mol. The van der Waals surface area contributed by atoms with Gasteiger partial charge in [-0.15, -0.1) is 0 Å². The molecular formula is C20H20ClF3N6O. The summed E-state index contributed by atoms with van der Waals surface area (Å²) < 4.78 is 40.1. The third kappa shape index (κ3) is 5.20. The van der Waals surface area contributed by atoms with Crippen molar-refractivity contribution in [3.63, 3.8) is 0 Å². The van der Waals surface area contributed by atoms with Crippen molar-refractivity contribution >= 4 is 34.4 Å². The first-order valence-electron chi connectivity index (χ1n) is 9.34. The summed E-state index contributed by atoms with van der Waals surface area (Å²) in [7, 11) is 0. The summed E-state index contributed by atoms with van der Waals surface area (Å²) in [5.41, 5.74) is 5.51. The van der Waals surface area contributed by atoms with Crippen molar-refractivity contribution in [2.75, 3.05) is 11.9 Å². The van der Waals surface area contributed by atoms with E-state index in [4.69, 9.17) is 17.3 Å². The van der Waals surface area contributed by atoms with Crippen molar-refractivity contribution in [1.29, 1.82) is 0 Å². The first-order chi connectivity index (χ1) is 14.6. The monoisotopic (exact) mass is 452 g/mol. The maximum Gasteiger partial charge on any atom is 0.417 e. The van der Waals surface area contributed by atoms with Gasteiger partial charge in [0.05, 0.1) is 22.2 Å². The number of nitrogens with two attached hydrogens (primary N) is 1. The van der Waals surface area contributed by atoms with Crippen LogP contribution in [0.15, 0.2) is 36.8 Å². The van der Waals surface area contributed by atoms with Gasteiger partial charge in [0, 0.05) is 18.8 Å². The van der Waals surface area contributed by atoms with E-state index in [1.165, 1.54) is 30.7 Å². The third-order valence-corrected chi connectivity index (χ3v) is 4.86. The maximum absolute atomic E-state index is 13.4. The fourth-order valence-electron chi connectivity index (χ4n) is 3.02. The number of amides is 1. The molecule has 3 rings (SSSR count). The predicted octanol–water partition coefficient (Wildman–Crippen LogP) is 3.95. The zero-order valence-electron chi connectivity index (χ0n) is 16.7. The zero-order valence-corrected chi connectivity index (χ0v) is 17.4. The number of hydrogen-bond donors (Lipinski definition) is 3. The van der Waals surface area contributed by atoms with Crippen LogP contribution in [0.25, 0.3) is 11.0 Å². The Morgan fingerprint density at radius 3 is 2.55 bits per heavy atom. The number of anilines is 1. The van der Waals surface area contributed by atoms with Crippen molar-refractivity contribution in [2.24, 2.45) is 5.73 Å². The molecule has 2 aromatic heterocycles. The summed E-state index contributed by atoms with van der Waals surface area (Å²) in [6, 6.07) is 4.65. The molecule has 1 atom stereocenters. The number of carbonyl (C=O) groups is 1. The molecule has 11 heteroatoms. The number of carbonyl (C=O) groups excluding carboxylic acids is 1. The Bertz CT molecular complexity index is 1110. The Balaban J connectivity index is 2.06. The van der Waals surface area contributed by atoms with Gasteiger partial charge in [0.2, 0.25) is 0 Å². The van der Waals surface area contributed by atoms with Crippen LogP contribution in [0.4, 0.5) is 19.0 Å². The van der Waals surface area contributed by atoms with Crippen LogP contribution < -0.4 is 16.4 Å². The lowest BCUT2D eigenvalue weighted by Gasteiger charge is -2.23. The van der Waals surface area contributed by atoms with Gasteiger partial charge in [-0.2, -0.15) is 13.2 Å². The lowest BCUT2D eigenvalue weighted by Crippen LogP contribution is -2.31. The molecule has 0 aliphatic carbocycles. The normalized spacial score (nSPS) is 12.9. The summed E-state index contributed by atoms with van der Waals surface area (Å²) in [6.45, 7) is 4.12. The van der Waals surface area contributed by atoms with Crippen molar-refractivity contribution in [3.05, 3.63) is 58.5 Å². The molecule has 0 fully saturated rings. The zero-order chi connectivity index (χ0) is 22.8. The smallest absolute Gasteiger partial charge is 0.366 e. The van der Waals surface area contributed by atoms with Gasteiger partial charge >= 0.3 is 6.18 Å². The minimum Gasteiger partial charge on any atom is -0.366 e. The molecule has 0 bridgehead atoms. The van der Waals surface area contributed by atoms with E-state index in [-0.39, 0.29) is 40.0 Å². The highest BCUT2D eigenvalue weighted by Crippen LogP contribution is 2.36. The van der Waals surface area contributed by atoms with Gasteiger partial charge < -0.3 is 16.4 Å². The molecule has 0 radical (unpaired) electrons. The van der Waals surface area contributed by atoms with E-state index in [1.54, 1.807) is 0 Å². The van der Waals surface area contributed by atoms with Crippen LogP contribution >= 0.6 is 11.6 Å². The van der Waals surface area contributed by atoms with Gasteiger partial charge in [-0.1, -0.05) is 31.5 Å². The van der Waals surface area contributed by atoms with Crippen LogP contribution in [0.5, 0.6) is 0 Å². The van der Waals surface area contributed by atoms with Gasteiger partial charge in [-0.05, 0) is 23.8 Å². The van der Waals surface area contributed by atoms with E-state index in [9.17, 15) is 18.0 Å². The lowest BCUT2D eigenvalue weighted by atomic mass is 10.0. The van der Waals surface area contributed by atoms with Crippen LogP contribution in [0.3, 0.4) is 0 Å². The van der Waals surface area contributed by atoms with Crippen molar-refractivity contribution in [2.45, 2.75) is 32.1 Å². The number of benzene rings is 1. The summed E-state index contributed by atoms with van der Waals surface area (Å²) in [5.74, 6) is -0.422. The van der Waals surface area contributed by atoms with Crippen molar-refractivity contribution in [3.8, 4) is 0 Å². The summed E-state index contributed by atoms with van der Waals surface area (Å²) in [6.07, 6.45) is -1.97. The fourth-order valence-corrected chi connectivity index (χ4v) is 3.24. The van der Waals surface area contributed by atoms with Crippen LogP contribution in [0.1, 0.15) is 41.4 Å². The first-order valence-corrected chi connectivity index (χ1v) is 9.71. The molecule has 2 heterocycles. The highest BCUT2D eigenvalue weighted by atomic mass is 35.5. The van der Waals surface area contributed by atoms with E-state index in [2.05, 4.69) is 25.6 Å². The molecule has 0 aliphatic heterocycles. The highest BCUT2D eigenvalue weighted by Gasteiger charge is 2.34. The number of nitrogens with zero attached hydrogens (tertiary/aromatic N) is 3. The van der Waals surface area contributed by atoms with E-state index in [0.29, 0.717) is 5.56 Å². The van der Waals surface area contributed by atoms with E-state index >= 15 is 0 Å². The van der Waals surface area contributed by atoms with Crippen molar-refractivity contribution < 1.29 is 18.0 Å². The second kappa shape index (κ2) is 9.03. The van der Waals surface area contributed by atoms with Gasteiger partial charge in [-0.3, -0.25) is 9.78 Å².